The first-order chi connectivity index (χ1) is 5.66. The topological polar surface area (TPSA) is 52.3 Å². The van der Waals surface area contributed by atoms with Crippen LogP contribution in [0.4, 0.5) is 5.69 Å². The van der Waals surface area contributed by atoms with Crippen LogP contribution in [0.15, 0.2) is 18.2 Å². The van der Waals surface area contributed by atoms with E-state index in [0.29, 0.717) is 11.3 Å². The van der Waals surface area contributed by atoms with Gasteiger partial charge in [-0.25, -0.2) is 4.79 Å². The van der Waals surface area contributed by atoms with Gasteiger partial charge in [-0.3, -0.25) is 0 Å². The molecule has 0 spiro atoms. The predicted octanol–water partition coefficient (Wildman–Crippen LogP) is 1.36. The van der Waals surface area contributed by atoms with Crippen molar-refractivity contribution in [2.75, 3.05) is 12.8 Å². The summed E-state index contributed by atoms with van der Waals surface area (Å²) >= 11 is 0. The fourth-order valence-corrected chi connectivity index (χ4v) is 1.07. The molecule has 0 saturated heterocycles. The SMILES string of the molecule is COC(=O)c1c(C)cccc1N. The molecule has 0 aliphatic carbocycles. The third kappa shape index (κ3) is 1.39. The van der Waals surface area contributed by atoms with Crippen LogP contribution in [0.2, 0.25) is 0 Å². The number of methoxy groups -OCH3 is 1. The van der Waals surface area contributed by atoms with Gasteiger partial charge in [0.25, 0.3) is 0 Å². The largest absolute Gasteiger partial charge is 0.465 e. The molecule has 0 heterocycles. The zero-order chi connectivity index (χ0) is 9.14. The van der Waals surface area contributed by atoms with E-state index in [9.17, 15) is 4.79 Å². The Morgan fingerprint density at radius 2 is 2.17 bits per heavy atom. The van der Waals surface area contributed by atoms with Crippen molar-refractivity contribution >= 4 is 11.7 Å². The summed E-state index contributed by atoms with van der Waals surface area (Å²) in [6, 6.07) is 5.30. The lowest BCUT2D eigenvalue weighted by Crippen LogP contribution is -2.07. The molecular weight excluding hydrogens is 154 g/mol. The molecule has 3 nitrogen and oxygen atoms in total. The average molecular weight is 165 g/mol. The highest BCUT2D eigenvalue weighted by Crippen LogP contribution is 2.16. The van der Waals surface area contributed by atoms with Crippen LogP contribution >= 0.6 is 0 Å². The zero-order valence-electron chi connectivity index (χ0n) is 7.13. The number of nitrogens with two attached hydrogens (primary N) is 1. The Morgan fingerprint density at radius 1 is 1.50 bits per heavy atom. The maximum absolute atomic E-state index is 11.2. The van der Waals surface area contributed by atoms with Crippen LogP contribution in [-0.4, -0.2) is 13.1 Å². The predicted molar refractivity (Wildman–Crippen MR) is 46.9 cm³/mol. The zero-order valence-corrected chi connectivity index (χ0v) is 7.13. The van der Waals surface area contributed by atoms with Gasteiger partial charge in [-0.1, -0.05) is 12.1 Å². The number of hydrogen-bond donors (Lipinski definition) is 1. The lowest BCUT2D eigenvalue weighted by molar-refractivity contribution is 0.0601. The Kier molecular flexibility index (Phi) is 2.33. The fraction of sp³-hybridized carbons (Fsp3) is 0.222. The molecule has 0 bridgehead atoms. The van der Waals surface area contributed by atoms with E-state index in [-0.39, 0.29) is 5.97 Å². The van der Waals surface area contributed by atoms with Gasteiger partial charge in [0.05, 0.1) is 12.7 Å². The minimum absolute atomic E-state index is 0.384. The Labute approximate surface area is 71.1 Å². The molecule has 12 heavy (non-hydrogen) atoms. The maximum Gasteiger partial charge on any atom is 0.340 e. The van der Waals surface area contributed by atoms with Crippen LogP contribution in [0.1, 0.15) is 15.9 Å². The quantitative estimate of drug-likeness (QED) is 0.505. The normalized spacial score (nSPS) is 9.50. The first-order valence-corrected chi connectivity index (χ1v) is 3.60. The second-order valence-electron chi connectivity index (χ2n) is 2.53. The molecule has 2 N–H and O–H groups in total. The van der Waals surface area contributed by atoms with E-state index >= 15 is 0 Å². The van der Waals surface area contributed by atoms with Gasteiger partial charge in [-0.15, -0.1) is 0 Å². The molecule has 0 atom stereocenters. The Morgan fingerprint density at radius 3 is 2.67 bits per heavy atom. The van der Waals surface area contributed by atoms with Gasteiger partial charge in [0, 0.05) is 5.69 Å². The van der Waals surface area contributed by atoms with Crippen molar-refractivity contribution in [3.63, 3.8) is 0 Å². The van der Waals surface area contributed by atoms with Gasteiger partial charge in [0.2, 0.25) is 0 Å². The summed E-state index contributed by atoms with van der Waals surface area (Å²) < 4.78 is 4.58. The molecule has 1 aromatic carbocycles. The summed E-state index contributed by atoms with van der Waals surface area (Å²) in [6.07, 6.45) is 0. The lowest BCUT2D eigenvalue weighted by atomic mass is 10.1. The van der Waals surface area contributed by atoms with Crippen LogP contribution in [-0.2, 0) is 4.74 Å². The van der Waals surface area contributed by atoms with Gasteiger partial charge >= 0.3 is 5.97 Å². The number of anilines is 1. The van der Waals surface area contributed by atoms with Gasteiger partial charge in [0.15, 0.2) is 0 Å². The summed E-state index contributed by atoms with van der Waals surface area (Å²) in [5, 5.41) is 0. The van der Waals surface area contributed by atoms with Gasteiger partial charge < -0.3 is 10.5 Å². The molecular formula is C9H11NO2. The molecule has 0 aromatic heterocycles. The highest BCUT2D eigenvalue weighted by molar-refractivity contribution is 5.96. The first-order valence-electron chi connectivity index (χ1n) is 3.60. The fourth-order valence-electron chi connectivity index (χ4n) is 1.07. The number of benzene rings is 1. The number of hydrogen-bond acceptors (Lipinski definition) is 3. The first kappa shape index (κ1) is 8.59. The molecule has 0 amide bonds. The summed E-state index contributed by atoms with van der Waals surface area (Å²) in [4.78, 5) is 11.2. The Hall–Kier alpha value is -1.51. The summed E-state index contributed by atoms with van der Waals surface area (Å²) in [7, 11) is 1.34. The number of carbonyl (C=O) groups is 1. The standard InChI is InChI=1S/C9H11NO2/c1-6-4-3-5-7(10)8(6)9(11)12-2/h3-5H,10H2,1-2H3. The Balaban J connectivity index is 3.21. The van der Waals surface area contributed by atoms with Crippen molar-refractivity contribution in [2.45, 2.75) is 6.92 Å². The molecule has 0 aliphatic heterocycles. The second-order valence-corrected chi connectivity index (χ2v) is 2.53. The highest BCUT2D eigenvalue weighted by atomic mass is 16.5. The van der Waals surface area contributed by atoms with E-state index in [1.807, 2.05) is 13.0 Å². The summed E-state index contributed by atoms with van der Waals surface area (Å²) in [5.74, 6) is -0.384. The monoisotopic (exact) mass is 165 g/mol. The highest BCUT2D eigenvalue weighted by Gasteiger charge is 2.11. The van der Waals surface area contributed by atoms with Crippen LogP contribution in [0, 0.1) is 6.92 Å². The Bertz CT molecular complexity index is 287. The maximum atomic E-state index is 11.2. The smallest absolute Gasteiger partial charge is 0.340 e. The number of aryl methyl sites for hydroxylation is 1. The minimum atomic E-state index is -0.384. The number of carbonyl (C=O) groups excluding carboxylic acids is 1. The molecule has 64 valence electrons. The van der Waals surface area contributed by atoms with Crippen LogP contribution in [0.3, 0.4) is 0 Å². The van der Waals surface area contributed by atoms with E-state index < -0.39 is 0 Å². The van der Waals surface area contributed by atoms with Crippen LogP contribution < -0.4 is 5.73 Å². The van der Waals surface area contributed by atoms with Gasteiger partial charge in [0.1, 0.15) is 0 Å². The van der Waals surface area contributed by atoms with Crippen molar-refractivity contribution in [1.82, 2.24) is 0 Å². The van der Waals surface area contributed by atoms with Gasteiger partial charge in [-0.05, 0) is 18.6 Å². The summed E-state index contributed by atoms with van der Waals surface area (Å²) in [5.41, 5.74) is 7.35. The average Bonchev–Trinajstić information content (AvgIpc) is 2.03. The van der Waals surface area contributed by atoms with Crippen molar-refractivity contribution in [3.05, 3.63) is 29.3 Å². The molecule has 1 rings (SSSR count). The van der Waals surface area contributed by atoms with E-state index in [2.05, 4.69) is 4.74 Å². The van der Waals surface area contributed by atoms with Crippen molar-refractivity contribution in [1.29, 1.82) is 0 Å². The number of nitrogen functional groups attached to an aromatic ring is 1. The van der Waals surface area contributed by atoms with Crippen LogP contribution in [0.5, 0.6) is 0 Å². The van der Waals surface area contributed by atoms with Gasteiger partial charge in [-0.2, -0.15) is 0 Å². The van der Waals surface area contributed by atoms with E-state index in [4.69, 9.17) is 5.73 Å². The molecule has 0 radical (unpaired) electrons. The van der Waals surface area contributed by atoms with E-state index in [0.717, 1.165) is 5.56 Å². The lowest BCUT2D eigenvalue weighted by Gasteiger charge is -2.05. The third-order valence-electron chi connectivity index (χ3n) is 1.69. The number of esters is 1. The molecule has 0 saturated carbocycles. The van der Waals surface area contributed by atoms with Crippen molar-refractivity contribution in [2.24, 2.45) is 0 Å². The second kappa shape index (κ2) is 3.26. The molecule has 0 fully saturated rings. The number of rotatable bonds is 1. The van der Waals surface area contributed by atoms with E-state index in [1.54, 1.807) is 12.1 Å². The molecule has 0 aliphatic rings. The van der Waals surface area contributed by atoms with Crippen molar-refractivity contribution < 1.29 is 9.53 Å². The summed E-state index contributed by atoms with van der Waals surface area (Å²) in [6.45, 7) is 1.82. The van der Waals surface area contributed by atoms with E-state index in [1.165, 1.54) is 7.11 Å². The number of ether oxygens (including phenoxy) is 1. The minimum Gasteiger partial charge on any atom is -0.465 e. The molecule has 1 aromatic rings. The molecule has 3 heteroatoms. The van der Waals surface area contributed by atoms with Crippen molar-refractivity contribution in [3.8, 4) is 0 Å². The van der Waals surface area contributed by atoms with Crippen LogP contribution in [0.25, 0.3) is 0 Å². The molecule has 0 unspecified atom stereocenters. The third-order valence-corrected chi connectivity index (χ3v) is 1.69.